The van der Waals surface area contributed by atoms with E-state index in [4.69, 9.17) is 11.6 Å². The molecule has 4 saturated carbocycles. The standard InChI is InChI=1S/C12H16ClN5O/c13-12-4-7-1-8(5-12)3-11(2-7,6-12)9(19)14-10-15-17-18-16-10/h7-8H,1-6H2,(H2,14,15,16,17,18,19)/t7-,8-,11?,12?/m0/s1. The summed E-state index contributed by atoms with van der Waals surface area (Å²) >= 11 is 6.72. The molecule has 0 radical (unpaired) electrons. The van der Waals surface area contributed by atoms with Gasteiger partial charge in [-0.3, -0.25) is 10.1 Å². The van der Waals surface area contributed by atoms with Crippen molar-refractivity contribution in [2.45, 2.75) is 43.4 Å². The lowest BCUT2D eigenvalue weighted by molar-refractivity contribution is -0.138. The normalized spacial score (nSPS) is 43.4. The van der Waals surface area contributed by atoms with Crippen molar-refractivity contribution < 1.29 is 4.79 Å². The Labute approximate surface area is 115 Å². The van der Waals surface area contributed by atoms with E-state index in [9.17, 15) is 4.79 Å². The number of hydrogen-bond acceptors (Lipinski definition) is 4. The maximum absolute atomic E-state index is 12.6. The first kappa shape index (κ1) is 11.6. The molecule has 1 heterocycles. The highest BCUT2D eigenvalue weighted by Gasteiger charge is 2.60. The zero-order chi connectivity index (χ0) is 13.1. The van der Waals surface area contributed by atoms with E-state index >= 15 is 0 Å². The minimum Gasteiger partial charge on any atom is -0.291 e. The van der Waals surface area contributed by atoms with Gasteiger partial charge in [-0.2, -0.15) is 5.21 Å². The summed E-state index contributed by atoms with van der Waals surface area (Å²) in [4.78, 5) is 12.5. The Balaban J connectivity index is 1.61. The zero-order valence-electron chi connectivity index (χ0n) is 10.5. The molecule has 0 spiro atoms. The van der Waals surface area contributed by atoms with Crippen LogP contribution < -0.4 is 5.32 Å². The second-order valence-corrected chi connectivity index (χ2v) is 7.38. The van der Waals surface area contributed by atoms with Gasteiger partial charge in [0.05, 0.1) is 5.41 Å². The number of hydrogen-bond donors (Lipinski definition) is 2. The van der Waals surface area contributed by atoms with E-state index in [-0.39, 0.29) is 22.1 Å². The van der Waals surface area contributed by atoms with Crippen LogP contribution in [0.3, 0.4) is 0 Å². The highest BCUT2D eigenvalue weighted by molar-refractivity contribution is 6.24. The molecule has 0 aromatic carbocycles. The van der Waals surface area contributed by atoms with Gasteiger partial charge in [-0.05, 0) is 55.6 Å². The van der Waals surface area contributed by atoms with Crippen LogP contribution in [0.25, 0.3) is 0 Å². The number of tetrazole rings is 1. The number of rotatable bonds is 2. The molecule has 4 bridgehead atoms. The molecular weight excluding hydrogens is 266 g/mol. The highest BCUT2D eigenvalue weighted by Crippen LogP contribution is 2.63. The van der Waals surface area contributed by atoms with Gasteiger partial charge in [-0.1, -0.05) is 5.10 Å². The SMILES string of the molecule is O=C(Nc1nn[nH]n1)C12C[C@@H]3C[C@H](CC(Cl)(C3)C1)C2. The number of aromatic amines is 1. The summed E-state index contributed by atoms with van der Waals surface area (Å²) in [6.45, 7) is 0. The van der Waals surface area contributed by atoms with Crippen LogP contribution in [0, 0.1) is 17.3 Å². The van der Waals surface area contributed by atoms with Crippen LogP contribution in [0.4, 0.5) is 5.95 Å². The molecule has 4 aliphatic rings. The largest absolute Gasteiger partial charge is 0.291 e. The van der Waals surface area contributed by atoms with E-state index in [0.29, 0.717) is 11.8 Å². The summed E-state index contributed by atoms with van der Waals surface area (Å²) in [5, 5.41) is 16.2. The number of carbonyl (C=O) groups excluding carboxylic acids is 1. The smallest absolute Gasteiger partial charge is 0.269 e. The lowest BCUT2D eigenvalue weighted by atomic mass is 9.49. The number of alkyl halides is 1. The van der Waals surface area contributed by atoms with E-state index in [0.717, 1.165) is 32.1 Å². The third kappa shape index (κ3) is 1.76. The monoisotopic (exact) mass is 281 g/mol. The molecule has 19 heavy (non-hydrogen) atoms. The summed E-state index contributed by atoms with van der Waals surface area (Å²) < 4.78 is 0. The van der Waals surface area contributed by atoms with Crippen LogP contribution in [-0.4, -0.2) is 31.4 Å². The van der Waals surface area contributed by atoms with Crippen LogP contribution in [0.1, 0.15) is 38.5 Å². The molecule has 1 amide bonds. The van der Waals surface area contributed by atoms with Crippen LogP contribution in [0.2, 0.25) is 0 Å². The molecule has 1 aromatic heterocycles. The van der Waals surface area contributed by atoms with Crippen molar-refractivity contribution >= 4 is 23.5 Å². The van der Waals surface area contributed by atoms with Crippen molar-refractivity contribution in [2.75, 3.05) is 5.32 Å². The first-order valence-corrected chi connectivity index (χ1v) is 7.19. The molecule has 4 aliphatic carbocycles. The Morgan fingerprint density at radius 3 is 2.63 bits per heavy atom. The predicted octanol–water partition coefficient (Wildman–Crippen LogP) is 1.72. The van der Waals surface area contributed by atoms with Gasteiger partial charge < -0.3 is 0 Å². The minimum absolute atomic E-state index is 0.0213. The van der Waals surface area contributed by atoms with Gasteiger partial charge in [-0.15, -0.1) is 16.7 Å². The van der Waals surface area contributed by atoms with Gasteiger partial charge >= 0.3 is 0 Å². The van der Waals surface area contributed by atoms with Gasteiger partial charge in [0.2, 0.25) is 5.91 Å². The molecule has 0 aliphatic heterocycles. The Hall–Kier alpha value is -1.17. The number of carbonyl (C=O) groups is 1. The fraction of sp³-hybridized carbons (Fsp3) is 0.833. The van der Waals surface area contributed by atoms with Crippen molar-refractivity contribution in [1.82, 2.24) is 20.6 Å². The van der Waals surface area contributed by atoms with Gasteiger partial charge in [0, 0.05) is 4.87 Å². The minimum atomic E-state index is -0.313. The Morgan fingerprint density at radius 2 is 2.05 bits per heavy atom. The first-order valence-electron chi connectivity index (χ1n) is 6.81. The number of nitrogens with one attached hydrogen (secondary N) is 2. The summed E-state index contributed by atoms with van der Waals surface area (Å²) in [5.74, 6) is 1.49. The van der Waals surface area contributed by atoms with Crippen LogP contribution in [-0.2, 0) is 4.79 Å². The molecule has 2 atom stereocenters. The zero-order valence-corrected chi connectivity index (χ0v) is 11.3. The number of anilines is 1. The van der Waals surface area contributed by atoms with E-state index in [1.54, 1.807) is 0 Å². The quantitative estimate of drug-likeness (QED) is 0.809. The number of nitrogens with zero attached hydrogens (tertiary/aromatic N) is 3. The van der Waals surface area contributed by atoms with Gasteiger partial charge in [0.15, 0.2) is 0 Å². The molecule has 1 aromatic rings. The Morgan fingerprint density at radius 1 is 1.32 bits per heavy atom. The van der Waals surface area contributed by atoms with Gasteiger partial charge in [0.25, 0.3) is 5.95 Å². The summed E-state index contributed by atoms with van der Waals surface area (Å²) in [7, 11) is 0. The second-order valence-electron chi connectivity index (χ2n) is 6.58. The topological polar surface area (TPSA) is 83.6 Å². The fourth-order valence-corrected chi connectivity index (χ4v) is 5.56. The first-order chi connectivity index (χ1) is 9.07. The van der Waals surface area contributed by atoms with Crippen LogP contribution in [0.5, 0.6) is 0 Å². The predicted molar refractivity (Wildman–Crippen MR) is 68.5 cm³/mol. The summed E-state index contributed by atoms with van der Waals surface area (Å²) in [5.41, 5.74) is -0.313. The maximum Gasteiger partial charge on any atom is 0.269 e. The summed E-state index contributed by atoms with van der Waals surface area (Å²) in [6.07, 6.45) is 6.10. The average molecular weight is 282 g/mol. The third-order valence-electron chi connectivity index (χ3n) is 5.04. The molecule has 7 heteroatoms. The van der Waals surface area contributed by atoms with Crippen molar-refractivity contribution in [3.05, 3.63) is 0 Å². The van der Waals surface area contributed by atoms with E-state index in [1.165, 1.54) is 6.42 Å². The molecule has 6 nitrogen and oxygen atoms in total. The molecule has 2 N–H and O–H groups in total. The van der Waals surface area contributed by atoms with E-state index in [1.807, 2.05) is 0 Å². The van der Waals surface area contributed by atoms with Crippen LogP contribution in [0.15, 0.2) is 0 Å². The number of H-pyrrole nitrogens is 1. The Kier molecular flexibility index (Phi) is 2.26. The average Bonchev–Trinajstić information content (AvgIpc) is 2.78. The van der Waals surface area contributed by atoms with E-state index in [2.05, 4.69) is 25.9 Å². The van der Waals surface area contributed by atoms with Crippen LogP contribution >= 0.6 is 11.6 Å². The second kappa shape index (κ2) is 3.69. The molecule has 0 unspecified atom stereocenters. The summed E-state index contributed by atoms with van der Waals surface area (Å²) in [6, 6.07) is 0. The van der Waals surface area contributed by atoms with Crippen molar-refractivity contribution in [3.8, 4) is 0 Å². The number of halogens is 1. The molecule has 102 valence electrons. The lowest BCUT2D eigenvalue weighted by Gasteiger charge is -2.58. The molecule has 5 rings (SSSR count). The van der Waals surface area contributed by atoms with Gasteiger partial charge in [0.1, 0.15) is 0 Å². The number of aromatic nitrogens is 4. The fourth-order valence-electron chi connectivity index (χ4n) is 4.87. The lowest BCUT2D eigenvalue weighted by Crippen LogP contribution is -2.57. The Bertz CT molecular complexity index is 502. The van der Waals surface area contributed by atoms with Crippen molar-refractivity contribution in [3.63, 3.8) is 0 Å². The van der Waals surface area contributed by atoms with E-state index < -0.39 is 0 Å². The van der Waals surface area contributed by atoms with Crippen molar-refractivity contribution in [2.24, 2.45) is 17.3 Å². The number of amides is 1. The highest BCUT2D eigenvalue weighted by atomic mass is 35.5. The molecular formula is C12H16ClN5O. The molecule has 0 saturated heterocycles. The maximum atomic E-state index is 12.6. The third-order valence-corrected chi connectivity index (χ3v) is 5.48. The van der Waals surface area contributed by atoms with Gasteiger partial charge in [-0.25, -0.2) is 0 Å². The van der Waals surface area contributed by atoms with Crippen molar-refractivity contribution in [1.29, 1.82) is 0 Å². The molecule has 4 fully saturated rings.